The number of benzene rings is 1. The van der Waals surface area contributed by atoms with Crippen molar-refractivity contribution in [1.29, 1.82) is 0 Å². The molecule has 1 fully saturated rings. The van der Waals surface area contributed by atoms with Crippen LogP contribution in [0.2, 0.25) is 0 Å². The SMILES string of the molecule is O=S(=O)(c1ccccc1Br)N1CCCCC1CCl. The molecule has 1 aliphatic rings. The minimum atomic E-state index is -3.45. The minimum absolute atomic E-state index is 0.0856. The molecule has 1 aromatic carbocycles. The van der Waals surface area contributed by atoms with Crippen molar-refractivity contribution in [3.05, 3.63) is 28.7 Å². The van der Waals surface area contributed by atoms with Gasteiger partial charge in [0.1, 0.15) is 0 Å². The first-order valence-corrected chi connectivity index (χ1v) is 8.66. The number of nitrogens with zero attached hydrogens (tertiary/aromatic N) is 1. The van der Waals surface area contributed by atoms with Crippen LogP contribution in [-0.2, 0) is 10.0 Å². The number of piperidine rings is 1. The summed E-state index contributed by atoms with van der Waals surface area (Å²) in [6.07, 6.45) is 2.78. The number of sulfonamides is 1. The van der Waals surface area contributed by atoms with Crippen molar-refractivity contribution in [1.82, 2.24) is 4.31 Å². The zero-order valence-corrected chi connectivity index (χ0v) is 13.0. The third-order valence-corrected chi connectivity index (χ3v) is 6.49. The Morgan fingerprint density at radius 2 is 2.06 bits per heavy atom. The summed E-state index contributed by atoms with van der Waals surface area (Å²) < 4.78 is 27.4. The van der Waals surface area contributed by atoms with E-state index in [0.29, 0.717) is 21.8 Å². The average molecular weight is 353 g/mol. The first-order valence-electron chi connectivity index (χ1n) is 5.89. The molecule has 0 N–H and O–H groups in total. The van der Waals surface area contributed by atoms with E-state index >= 15 is 0 Å². The van der Waals surface area contributed by atoms with Crippen LogP contribution in [0.15, 0.2) is 33.6 Å². The molecule has 1 heterocycles. The van der Waals surface area contributed by atoms with Crippen molar-refractivity contribution in [2.24, 2.45) is 0 Å². The molecule has 0 aromatic heterocycles. The van der Waals surface area contributed by atoms with E-state index in [1.165, 1.54) is 0 Å². The van der Waals surface area contributed by atoms with Crippen LogP contribution in [0.3, 0.4) is 0 Å². The van der Waals surface area contributed by atoms with Crippen LogP contribution < -0.4 is 0 Å². The Bertz CT molecular complexity index is 521. The predicted octanol–water partition coefficient (Wildman–Crippen LogP) is 3.23. The number of alkyl halides is 1. The van der Waals surface area contributed by atoms with E-state index in [2.05, 4.69) is 15.9 Å². The molecule has 0 spiro atoms. The quantitative estimate of drug-likeness (QED) is 0.783. The number of rotatable bonds is 3. The summed E-state index contributed by atoms with van der Waals surface area (Å²) in [5.41, 5.74) is 0. The molecular weight excluding hydrogens is 338 g/mol. The Morgan fingerprint density at radius 1 is 1.33 bits per heavy atom. The summed E-state index contributed by atoms with van der Waals surface area (Å²) in [6, 6.07) is 6.82. The third kappa shape index (κ3) is 2.74. The Balaban J connectivity index is 2.39. The highest BCUT2D eigenvalue weighted by Crippen LogP contribution is 2.29. The van der Waals surface area contributed by atoms with Crippen molar-refractivity contribution in [3.8, 4) is 0 Å². The third-order valence-electron chi connectivity index (χ3n) is 3.17. The second-order valence-corrected chi connectivity index (χ2v) is 7.37. The summed E-state index contributed by atoms with van der Waals surface area (Å²) in [7, 11) is -3.45. The van der Waals surface area contributed by atoms with Gasteiger partial charge in [-0.2, -0.15) is 4.31 Å². The van der Waals surface area contributed by atoms with E-state index in [1.807, 2.05) is 0 Å². The van der Waals surface area contributed by atoms with Gasteiger partial charge in [0.05, 0.1) is 4.90 Å². The van der Waals surface area contributed by atoms with Crippen molar-refractivity contribution < 1.29 is 8.42 Å². The number of hydrogen-bond acceptors (Lipinski definition) is 2. The molecular formula is C12H15BrClNO2S. The lowest BCUT2D eigenvalue weighted by Crippen LogP contribution is -2.44. The van der Waals surface area contributed by atoms with Crippen LogP contribution in [-0.4, -0.2) is 31.2 Å². The zero-order chi connectivity index (χ0) is 13.2. The van der Waals surface area contributed by atoms with Crippen LogP contribution in [0.5, 0.6) is 0 Å². The van der Waals surface area contributed by atoms with Gasteiger partial charge in [0.15, 0.2) is 0 Å². The highest BCUT2D eigenvalue weighted by Gasteiger charge is 2.33. The fourth-order valence-corrected chi connectivity index (χ4v) is 5.29. The Kier molecular flexibility index (Phi) is 4.69. The summed E-state index contributed by atoms with van der Waals surface area (Å²) >= 11 is 9.19. The number of hydrogen-bond donors (Lipinski definition) is 0. The molecule has 1 atom stereocenters. The molecule has 0 saturated carbocycles. The van der Waals surface area contributed by atoms with Crippen molar-refractivity contribution in [2.45, 2.75) is 30.2 Å². The molecule has 1 aliphatic heterocycles. The van der Waals surface area contributed by atoms with E-state index < -0.39 is 10.0 Å². The Morgan fingerprint density at radius 3 is 2.72 bits per heavy atom. The molecule has 0 aliphatic carbocycles. The molecule has 0 radical (unpaired) electrons. The van der Waals surface area contributed by atoms with Crippen molar-refractivity contribution in [3.63, 3.8) is 0 Å². The highest BCUT2D eigenvalue weighted by atomic mass is 79.9. The maximum absolute atomic E-state index is 12.6. The van der Waals surface area contributed by atoms with Crippen LogP contribution in [0, 0.1) is 0 Å². The molecule has 2 rings (SSSR count). The van der Waals surface area contributed by atoms with E-state index in [1.54, 1.807) is 28.6 Å². The topological polar surface area (TPSA) is 37.4 Å². The summed E-state index contributed by atoms with van der Waals surface area (Å²) in [5, 5.41) is 0. The molecule has 3 nitrogen and oxygen atoms in total. The van der Waals surface area contributed by atoms with Crippen LogP contribution in [0.1, 0.15) is 19.3 Å². The van der Waals surface area contributed by atoms with E-state index in [9.17, 15) is 8.42 Å². The first kappa shape index (κ1) is 14.3. The normalized spacial score (nSPS) is 22.0. The van der Waals surface area contributed by atoms with Gasteiger partial charge in [-0.15, -0.1) is 11.6 Å². The summed E-state index contributed by atoms with van der Waals surface area (Å²) in [4.78, 5) is 0.321. The Hall–Kier alpha value is -0.100. The Labute approximate surface area is 121 Å². The first-order chi connectivity index (χ1) is 8.57. The molecule has 6 heteroatoms. The van der Waals surface area contributed by atoms with Gasteiger partial charge < -0.3 is 0 Å². The van der Waals surface area contributed by atoms with E-state index in [4.69, 9.17) is 11.6 Å². The van der Waals surface area contributed by atoms with Gasteiger partial charge in [0.25, 0.3) is 0 Å². The van der Waals surface area contributed by atoms with Gasteiger partial charge in [-0.3, -0.25) is 0 Å². The average Bonchev–Trinajstić information content (AvgIpc) is 2.39. The van der Waals surface area contributed by atoms with Gasteiger partial charge in [0, 0.05) is 22.9 Å². The largest absolute Gasteiger partial charge is 0.244 e. The van der Waals surface area contributed by atoms with Crippen molar-refractivity contribution >= 4 is 37.6 Å². The van der Waals surface area contributed by atoms with Gasteiger partial charge in [-0.1, -0.05) is 18.6 Å². The van der Waals surface area contributed by atoms with Crippen molar-refractivity contribution in [2.75, 3.05) is 12.4 Å². The van der Waals surface area contributed by atoms with Gasteiger partial charge in [0.2, 0.25) is 10.0 Å². The monoisotopic (exact) mass is 351 g/mol. The van der Waals surface area contributed by atoms with Crippen LogP contribution >= 0.6 is 27.5 Å². The summed E-state index contributed by atoms with van der Waals surface area (Å²) in [5.74, 6) is 0.351. The second-order valence-electron chi connectivity index (χ2n) is 4.35. The fraction of sp³-hybridized carbons (Fsp3) is 0.500. The summed E-state index contributed by atoms with van der Waals surface area (Å²) in [6.45, 7) is 0.557. The molecule has 18 heavy (non-hydrogen) atoms. The van der Waals surface area contributed by atoms with Gasteiger partial charge >= 0.3 is 0 Å². The molecule has 1 saturated heterocycles. The lowest BCUT2D eigenvalue weighted by atomic mass is 10.1. The highest BCUT2D eigenvalue weighted by molar-refractivity contribution is 9.10. The molecule has 0 bridgehead atoms. The van der Waals surface area contributed by atoms with Crippen LogP contribution in [0.4, 0.5) is 0 Å². The lowest BCUT2D eigenvalue weighted by molar-refractivity contribution is 0.271. The minimum Gasteiger partial charge on any atom is -0.207 e. The maximum atomic E-state index is 12.6. The van der Waals surface area contributed by atoms with Gasteiger partial charge in [-0.25, -0.2) is 8.42 Å². The van der Waals surface area contributed by atoms with E-state index in [0.717, 1.165) is 19.3 Å². The second kappa shape index (κ2) is 5.90. The standard InChI is InChI=1S/C12H15BrClNO2S/c13-11-6-1-2-7-12(11)18(16,17)15-8-4-3-5-10(15)9-14/h1-2,6-7,10H,3-5,8-9H2. The molecule has 0 amide bonds. The zero-order valence-electron chi connectivity index (χ0n) is 9.85. The maximum Gasteiger partial charge on any atom is 0.244 e. The lowest BCUT2D eigenvalue weighted by Gasteiger charge is -2.33. The fourth-order valence-electron chi connectivity index (χ4n) is 2.22. The number of halogens is 2. The molecule has 100 valence electrons. The smallest absolute Gasteiger partial charge is 0.207 e. The van der Waals surface area contributed by atoms with E-state index in [-0.39, 0.29) is 6.04 Å². The van der Waals surface area contributed by atoms with Crippen LogP contribution in [0.25, 0.3) is 0 Å². The van der Waals surface area contributed by atoms with Gasteiger partial charge in [-0.05, 0) is 40.9 Å². The molecule has 1 aromatic rings. The molecule has 1 unspecified atom stereocenters. The predicted molar refractivity (Wildman–Crippen MR) is 76.4 cm³/mol.